The number of amides is 1. The van der Waals surface area contributed by atoms with Crippen LogP contribution in [-0.4, -0.2) is 27.4 Å². The molecule has 0 spiro atoms. The molecule has 4 nitrogen and oxygen atoms in total. The number of carbonyl (C=O) groups excluding carboxylic acids is 1. The van der Waals surface area contributed by atoms with Gasteiger partial charge in [0.25, 0.3) is 0 Å². The zero-order valence-electron chi connectivity index (χ0n) is 9.85. The van der Waals surface area contributed by atoms with Crippen LogP contribution < -0.4 is 0 Å². The summed E-state index contributed by atoms with van der Waals surface area (Å²) in [5, 5.41) is 0.405. The normalized spacial score (nSPS) is 10.8. The molecule has 2 aromatic rings. The summed E-state index contributed by atoms with van der Waals surface area (Å²) in [7, 11) is 1.76. The van der Waals surface area contributed by atoms with Gasteiger partial charge in [0, 0.05) is 13.5 Å². The van der Waals surface area contributed by atoms with Crippen molar-refractivity contribution < 1.29 is 4.79 Å². The zero-order valence-corrected chi connectivity index (χ0v) is 10.6. The average Bonchev–Trinajstić information content (AvgIpc) is 2.65. The van der Waals surface area contributed by atoms with Crippen LogP contribution in [0.25, 0.3) is 11.0 Å². The van der Waals surface area contributed by atoms with Crippen molar-refractivity contribution in [3.8, 4) is 0 Å². The second-order valence-electron chi connectivity index (χ2n) is 3.88. The maximum Gasteiger partial charge on any atom is 0.223 e. The summed E-state index contributed by atoms with van der Waals surface area (Å²) in [5.74, 6) is 0.0823. The molecule has 0 saturated heterocycles. The molecule has 90 valence electrons. The van der Waals surface area contributed by atoms with Crippen molar-refractivity contribution in [1.29, 1.82) is 0 Å². The molecule has 0 fully saturated rings. The van der Waals surface area contributed by atoms with Gasteiger partial charge in [-0.3, -0.25) is 9.36 Å². The van der Waals surface area contributed by atoms with E-state index in [1.54, 1.807) is 11.9 Å². The maximum atomic E-state index is 11.5. The van der Waals surface area contributed by atoms with Crippen LogP contribution in [0.2, 0.25) is 5.28 Å². The molecule has 17 heavy (non-hydrogen) atoms. The minimum atomic E-state index is 0.0823. The highest BCUT2D eigenvalue weighted by atomic mass is 35.5. The number of carbonyl (C=O) groups is 1. The third-order valence-electron chi connectivity index (χ3n) is 2.69. The molecular weight excluding hydrogens is 238 g/mol. The Kier molecular flexibility index (Phi) is 3.33. The quantitative estimate of drug-likeness (QED) is 0.841. The van der Waals surface area contributed by atoms with E-state index in [0.29, 0.717) is 18.4 Å². The third-order valence-corrected chi connectivity index (χ3v) is 2.98. The van der Waals surface area contributed by atoms with Crippen molar-refractivity contribution in [2.24, 2.45) is 0 Å². The van der Waals surface area contributed by atoms with E-state index in [1.165, 1.54) is 0 Å². The molecule has 1 aromatic carbocycles. The molecule has 0 aliphatic carbocycles. The molecule has 0 N–H and O–H groups in total. The Bertz CT molecular complexity index is 550. The van der Waals surface area contributed by atoms with Gasteiger partial charge in [-0.1, -0.05) is 19.1 Å². The molecule has 0 saturated carbocycles. The molecule has 1 aromatic heterocycles. The Balaban J connectivity index is 2.35. The first-order valence-corrected chi connectivity index (χ1v) is 5.86. The summed E-state index contributed by atoms with van der Waals surface area (Å²) < 4.78 is 1.82. The fraction of sp³-hybridized carbons (Fsp3) is 0.333. The number of benzene rings is 1. The van der Waals surface area contributed by atoms with Crippen LogP contribution in [-0.2, 0) is 11.5 Å². The van der Waals surface area contributed by atoms with Crippen LogP contribution in [0, 0.1) is 0 Å². The zero-order chi connectivity index (χ0) is 12.4. The fourth-order valence-electron chi connectivity index (χ4n) is 1.74. The molecule has 0 unspecified atom stereocenters. The summed E-state index contributed by atoms with van der Waals surface area (Å²) in [5.41, 5.74) is 1.78. The lowest BCUT2D eigenvalue weighted by atomic mass is 10.3. The number of para-hydroxylation sites is 2. The average molecular weight is 252 g/mol. The monoisotopic (exact) mass is 251 g/mol. The minimum absolute atomic E-state index is 0.0823. The van der Waals surface area contributed by atoms with Crippen LogP contribution in [0.5, 0.6) is 0 Å². The van der Waals surface area contributed by atoms with Gasteiger partial charge in [-0.25, -0.2) is 4.98 Å². The third kappa shape index (κ3) is 2.26. The highest BCUT2D eigenvalue weighted by molar-refractivity contribution is 6.29. The summed E-state index contributed by atoms with van der Waals surface area (Å²) in [4.78, 5) is 17.4. The molecule has 0 radical (unpaired) electrons. The first-order valence-electron chi connectivity index (χ1n) is 5.48. The van der Waals surface area contributed by atoms with E-state index >= 15 is 0 Å². The predicted octanol–water partition coefficient (Wildman–Crippen LogP) is 2.52. The van der Waals surface area contributed by atoms with Gasteiger partial charge in [0.1, 0.15) is 0 Å². The number of hydrogen-bond acceptors (Lipinski definition) is 2. The van der Waals surface area contributed by atoms with E-state index in [4.69, 9.17) is 11.6 Å². The van der Waals surface area contributed by atoms with Crippen LogP contribution >= 0.6 is 11.6 Å². The number of nitrogens with zero attached hydrogens (tertiary/aromatic N) is 3. The highest BCUT2D eigenvalue weighted by Crippen LogP contribution is 2.19. The lowest BCUT2D eigenvalue weighted by molar-refractivity contribution is -0.130. The van der Waals surface area contributed by atoms with Gasteiger partial charge in [0.15, 0.2) is 0 Å². The molecule has 1 heterocycles. The second-order valence-corrected chi connectivity index (χ2v) is 4.22. The Morgan fingerprint density at radius 2 is 2.18 bits per heavy atom. The molecular formula is C12H14ClN3O. The summed E-state index contributed by atoms with van der Waals surface area (Å²) in [6, 6.07) is 7.69. The Hall–Kier alpha value is -1.55. The highest BCUT2D eigenvalue weighted by Gasteiger charge is 2.12. The van der Waals surface area contributed by atoms with E-state index < -0.39 is 0 Å². The van der Waals surface area contributed by atoms with Crippen molar-refractivity contribution in [2.45, 2.75) is 20.0 Å². The van der Waals surface area contributed by atoms with Crippen molar-refractivity contribution >= 4 is 28.5 Å². The molecule has 0 aliphatic heterocycles. The van der Waals surface area contributed by atoms with E-state index in [2.05, 4.69) is 4.98 Å². The number of imidazole rings is 1. The molecule has 0 aliphatic rings. The summed E-state index contributed by atoms with van der Waals surface area (Å²) in [6.07, 6.45) is 0.487. The minimum Gasteiger partial charge on any atom is -0.328 e. The van der Waals surface area contributed by atoms with Crippen molar-refractivity contribution in [2.75, 3.05) is 7.05 Å². The van der Waals surface area contributed by atoms with Crippen LogP contribution in [0.4, 0.5) is 0 Å². The number of fused-ring (bicyclic) bond motifs is 1. The van der Waals surface area contributed by atoms with E-state index in [9.17, 15) is 4.79 Å². The van der Waals surface area contributed by atoms with Crippen LogP contribution in [0.1, 0.15) is 13.3 Å². The van der Waals surface area contributed by atoms with Crippen molar-refractivity contribution in [3.05, 3.63) is 29.5 Å². The SMILES string of the molecule is CCC(=O)N(C)Cn1c(Cl)nc2ccccc21. The lowest BCUT2D eigenvalue weighted by Crippen LogP contribution is -2.28. The summed E-state index contributed by atoms with van der Waals surface area (Å²) in [6.45, 7) is 2.26. The van der Waals surface area contributed by atoms with Gasteiger partial charge >= 0.3 is 0 Å². The maximum absolute atomic E-state index is 11.5. The van der Waals surface area contributed by atoms with Gasteiger partial charge in [0.05, 0.1) is 17.7 Å². The number of rotatable bonds is 3. The van der Waals surface area contributed by atoms with E-state index in [1.807, 2.05) is 35.8 Å². The van der Waals surface area contributed by atoms with Crippen LogP contribution in [0.15, 0.2) is 24.3 Å². The summed E-state index contributed by atoms with van der Waals surface area (Å²) >= 11 is 6.07. The number of halogens is 1. The van der Waals surface area contributed by atoms with Gasteiger partial charge in [-0.2, -0.15) is 0 Å². The lowest BCUT2D eigenvalue weighted by Gasteiger charge is -2.17. The van der Waals surface area contributed by atoms with Gasteiger partial charge in [0.2, 0.25) is 11.2 Å². The van der Waals surface area contributed by atoms with E-state index in [0.717, 1.165) is 11.0 Å². The number of hydrogen-bond donors (Lipinski definition) is 0. The molecule has 5 heteroatoms. The molecule has 1 amide bonds. The first kappa shape index (κ1) is 11.9. The van der Waals surface area contributed by atoms with Gasteiger partial charge in [-0.05, 0) is 23.7 Å². The first-order chi connectivity index (χ1) is 8.13. The topological polar surface area (TPSA) is 38.1 Å². The Labute approximate surface area is 105 Å². The number of aromatic nitrogens is 2. The van der Waals surface area contributed by atoms with Crippen LogP contribution in [0.3, 0.4) is 0 Å². The molecule has 0 bridgehead atoms. The predicted molar refractivity (Wildman–Crippen MR) is 67.8 cm³/mol. The smallest absolute Gasteiger partial charge is 0.223 e. The second kappa shape index (κ2) is 4.75. The Morgan fingerprint density at radius 3 is 2.88 bits per heavy atom. The van der Waals surface area contributed by atoms with E-state index in [-0.39, 0.29) is 5.91 Å². The van der Waals surface area contributed by atoms with Crippen molar-refractivity contribution in [3.63, 3.8) is 0 Å². The molecule has 2 rings (SSSR count). The molecule has 0 atom stereocenters. The van der Waals surface area contributed by atoms with Gasteiger partial charge < -0.3 is 4.90 Å². The Morgan fingerprint density at radius 1 is 1.47 bits per heavy atom. The van der Waals surface area contributed by atoms with Crippen molar-refractivity contribution in [1.82, 2.24) is 14.5 Å². The fourth-order valence-corrected chi connectivity index (χ4v) is 1.98. The van der Waals surface area contributed by atoms with Gasteiger partial charge in [-0.15, -0.1) is 0 Å². The largest absolute Gasteiger partial charge is 0.328 e. The standard InChI is InChI=1S/C12H14ClN3O/c1-3-11(17)15(2)8-16-10-7-5-4-6-9(10)14-12(16)13/h4-7H,3,8H2,1-2H3.